The first-order valence-electron chi connectivity index (χ1n) is 6.99. The lowest BCUT2D eigenvalue weighted by Gasteiger charge is -2.46. The Balaban J connectivity index is 1.82. The Hall–Kier alpha value is -0.450. The lowest BCUT2D eigenvalue weighted by atomic mass is 9.90. The Morgan fingerprint density at radius 2 is 2.26 bits per heavy atom. The molecule has 2 fully saturated rings. The van der Waals surface area contributed by atoms with Crippen LogP contribution in [0.4, 0.5) is 4.39 Å². The van der Waals surface area contributed by atoms with Gasteiger partial charge >= 0.3 is 0 Å². The monoisotopic (exact) mass is 326 g/mol. The molecular formula is C15H20BrFN2. The van der Waals surface area contributed by atoms with Crippen molar-refractivity contribution in [1.29, 1.82) is 0 Å². The van der Waals surface area contributed by atoms with Crippen LogP contribution >= 0.6 is 15.9 Å². The zero-order valence-electron chi connectivity index (χ0n) is 11.3. The molecule has 1 atom stereocenters. The summed E-state index contributed by atoms with van der Waals surface area (Å²) in [7, 11) is 0. The maximum absolute atomic E-state index is 13.9. The smallest absolute Gasteiger partial charge is 0.127 e. The van der Waals surface area contributed by atoms with Crippen molar-refractivity contribution in [1.82, 2.24) is 10.2 Å². The molecule has 1 N–H and O–H groups in total. The van der Waals surface area contributed by atoms with Gasteiger partial charge in [-0.2, -0.15) is 0 Å². The molecule has 0 radical (unpaired) electrons. The minimum absolute atomic E-state index is 0.0973. The van der Waals surface area contributed by atoms with Gasteiger partial charge in [0.05, 0.1) is 0 Å². The first kappa shape index (κ1) is 13.5. The summed E-state index contributed by atoms with van der Waals surface area (Å²) in [5.74, 6) is 0.676. The fourth-order valence-corrected chi connectivity index (χ4v) is 3.57. The number of piperazine rings is 1. The Morgan fingerprint density at radius 3 is 3.00 bits per heavy atom. The lowest BCUT2D eigenvalue weighted by Crippen LogP contribution is -2.60. The van der Waals surface area contributed by atoms with Crippen molar-refractivity contribution >= 4 is 15.9 Å². The molecule has 1 aliphatic heterocycles. The average Bonchev–Trinajstić information content (AvgIpc) is 3.21. The van der Waals surface area contributed by atoms with Gasteiger partial charge in [0.1, 0.15) is 5.82 Å². The molecule has 2 nitrogen and oxygen atoms in total. The fraction of sp³-hybridized carbons (Fsp3) is 0.600. The summed E-state index contributed by atoms with van der Waals surface area (Å²) >= 11 is 3.43. The minimum atomic E-state index is -0.0973. The van der Waals surface area contributed by atoms with Crippen LogP contribution < -0.4 is 5.32 Å². The highest BCUT2D eigenvalue weighted by atomic mass is 79.9. The van der Waals surface area contributed by atoms with E-state index < -0.39 is 0 Å². The van der Waals surface area contributed by atoms with E-state index >= 15 is 0 Å². The molecule has 1 aromatic carbocycles. The molecular weight excluding hydrogens is 307 g/mol. The second-order valence-corrected chi connectivity index (χ2v) is 6.88. The quantitative estimate of drug-likeness (QED) is 0.917. The maximum Gasteiger partial charge on any atom is 0.127 e. The lowest BCUT2D eigenvalue weighted by molar-refractivity contribution is 0.0475. The largest absolute Gasteiger partial charge is 0.314 e. The summed E-state index contributed by atoms with van der Waals surface area (Å²) in [6.07, 6.45) is 2.63. The second-order valence-electron chi connectivity index (χ2n) is 5.97. The maximum atomic E-state index is 13.9. The highest BCUT2D eigenvalue weighted by Crippen LogP contribution is 2.44. The number of rotatable bonds is 3. The van der Waals surface area contributed by atoms with E-state index in [1.807, 2.05) is 6.07 Å². The summed E-state index contributed by atoms with van der Waals surface area (Å²) < 4.78 is 14.9. The van der Waals surface area contributed by atoms with Gasteiger partial charge < -0.3 is 5.32 Å². The van der Waals surface area contributed by atoms with Gasteiger partial charge in [-0.05, 0) is 43.9 Å². The van der Waals surface area contributed by atoms with Crippen molar-refractivity contribution in [3.8, 4) is 0 Å². The number of hydrogen-bond acceptors (Lipinski definition) is 2. The molecule has 0 amide bonds. The van der Waals surface area contributed by atoms with Gasteiger partial charge in [0.25, 0.3) is 0 Å². The molecule has 1 saturated heterocycles. The first-order valence-corrected chi connectivity index (χ1v) is 7.78. The fourth-order valence-electron chi connectivity index (χ4n) is 3.16. The molecule has 0 aromatic heterocycles. The van der Waals surface area contributed by atoms with Gasteiger partial charge in [0, 0.05) is 41.8 Å². The molecule has 19 heavy (non-hydrogen) atoms. The molecule has 0 spiro atoms. The Bertz CT molecular complexity index is 475. The van der Waals surface area contributed by atoms with Crippen LogP contribution in [0.1, 0.15) is 25.3 Å². The molecule has 3 rings (SSSR count). The predicted octanol–water partition coefficient (Wildman–Crippen LogP) is 3.16. The molecule has 1 unspecified atom stereocenters. The van der Waals surface area contributed by atoms with E-state index in [-0.39, 0.29) is 11.4 Å². The van der Waals surface area contributed by atoms with Crippen LogP contribution in [-0.4, -0.2) is 30.1 Å². The van der Waals surface area contributed by atoms with E-state index in [2.05, 4.69) is 33.1 Å². The van der Waals surface area contributed by atoms with Crippen LogP contribution in [0.2, 0.25) is 0 Å². The molecule has 1 saturated carbocycles. The third kappa shape index (κ3) is 2.71. The number of nitrogens with zero attached hydrogens (tertiary/aromatic N) is 1. The second kappa shape index (κ2) is 5.15. The van der Waals surface area contributed by atoms with Gasteiger partial charge in [-0.3, -0.25) is 4.90 Å². The SMILES string of the molecule is CC1(C2CC2)CNCCN1Cc1cc(Br)ccc1F. The van der Waals surface area contributed by atoms with Crippen LogP contribution in [0, 0.1) is 11.7 Å². The van der Waals surface area contributed by atoms with Gasteiger partial charge in [-0.1, -0.05) is 15.9 Å². The van der Waals surface area contributed by atoms with Crippen molar-refractivity contribution in [2.24, 2.45) is 5.92 Å². The summed E-state index contributed by atoms with van der Waals surface area (Å²) in [5, 5.41) is 3.49. The molecule has 0 bridgehead atoms. The molecule has 1 heterocycles. The molecule has 1 aliphatic carbocycles. The van der Waals surface area contributed by atoms with E-state index in [1.54, 1.807) is 12.1 Å². The summed E-state index contributed by atoms with van der Waals surface area (Å²) in [6.45, 7) is 6.05. The molecule has 4 heteroatoms. The third-order valence-corrected chi connectivity index (χ3v) is 5.08. The highest BCUT2D eigenvalue weighted by molar-refractivity contribution is 9.10. The minimum Gasteiger partial charge on any atom is -0.314 e. The summed E-state index contributed by atoms with van der Waals surface area (Å²) in [4.78, 5) is 2.46. The Labute approximate surface area is 122 Å². The van der Waals surface area contributed by atoms with E-state index in [9.17, 15) is 4.39 Å². The normalized spacial score (nSPS) is 28.6. The topological polar surface area (TPSA) is 15.3 Å². The van der Waals surface area contributed by atoms with Gasteiger partial charge in [-0.25, -0.2) is 4.39 Å². The van der Waals surface area contributed by atoms with Gasteiger partial charge in [0.15, 0.2) is 0 Å². The predicted molar refractivity (Wildman–Crippen MR) is 78.5 cm³/mol. The average molecular weight is 327 g/mol. The molecule has 1 aromatic rings. The molecule has 104 valence electrons. The Kier molecular flexibility index (Phi) is 3.67. The van der Waals surface area contributed by atoms with Gasteiger partial charge in [0.2, 0.25) is 0 Å². The summed E-state index contributed by atoms with van der Waals surface area (Å²) in [5.41, 5.74) is 0.982. The van der Waals surface area contributed by atoms with E-state index in [0.717, 1.165) is 35.6 Å². The van der Waals surface area contributed by atoms with Crippen molar-refractivity contribution in [2.45, 2.75) is 31.8 Å². The van der Waals surface area contributed by atoms with Crippen LogP contribution in [0.3, 0.4) is 0 Å². The van der Waals surface area contributed by atoms with Crippen LogP contribution in [0.25, 0.3) is 0 Å². The number of benzene rings is 1. The van der Waals surface area contributed by atoms with Crippen molar-refractivity contribution in [3.05, 3.63) is 34.1 Å². The third-order valence-electron chi connectivity index (χ3n) is 4.59. The number of halogens is 2. The van der Waals surface area contributed by atoms with E-state index in [0.29, 0.717) is 6.54 Å². The van der Waals surface area contributed by atoms with E-state index in [1.165, 1.54) is 12.8 Å². The molecule has 2 aliphatic rings. The highest BCUT2D eigenvalue weighted by Gasteiger charge is 2.46. The van der Waals surface area contributed by atoms with Crippen molar-refractivity contribution in [3.63, 3.8) is 0 Å². The summed E-state index contributed by atoms with van der Waals surface area (Å²) in [6, 6.07) is 5.22. The Morgan fingerprint density at radius 1 is 1.47 bits per heavy atom. The van der Waals surface area contributed by atoms with Crippen molar-refractivity contribution < 1.29 is 4.39 Å². The van der Waals surface area contributed by atoms with Crippen LogP contribution in [0.15, 0.2) is 22.7 Å². The van der Waals surface area contributed by atoms with Crippen LogP contribution in [0.5, 0.6) is 0 Å². The standard InChI is InChI=1S/C15H20BrFN2/c1-15(12-2-3-12)10-18-6-7-19(15)9-11-8-13(16)4-5-14(11)17/h4-5,8,12,18H,2-3,6-7,9-10H2,1H3. The number of nitrogens with one attached hydrogen (secondary N) is 1. The zero-order chi connectivity index (χ0) is 13.5. The van der Waals surface area contributed by atoms with Crippen LogP contribution in [-0.2, 0) is 6.54 Å². The van der Waals surface area contributed by atoms with Crippen molar-refractivity contribution in [2.75, 3.05) is 19.6 Å². The first-order chi connectivity index (χ1) is 9.09. The van der Waals surface area contributed by atoms with E-state index in [4.69, 9.17) is 0 Å². The van der Waals surface area contributed by atoms with Gasteiger partial charge in [-0.15, -0.1) is 0 Å². The zero-order valence-corrected chi connectivity index (χ0v) is 12.8. The number of hydrogen-bond donors (Lipinski definition) is 1.